The third kappa shape index (κ3) is 2.73. The molecule has 0 amide bonds. The van der Waals surface area contributed by atoms with Gasteiger partial charge in [-0.25, -0.2) is 0 Å². The molecule has 0 aromatic carbocycles. The van der Waals surface area contributed by atoms with Crippen LogP contribution in [0.5, 0.6) is 0 Å². The van der Waals surface area contributed by atoms with Gasteiger partial charge in [0.05, 0.1) is 6.26 Å². The highest BCUT2D eigenvalue weighted by Crippen LogP contribution is 2.18. The second-order valence-corrected chi connectivity index (χ2v) is 4.01. The van der Waals surface area contributed by atoms with Gasteiger partial charge in [0.1, 0.15) is 5.76 Å². The Labute approximate surface area is 93.2 Å². The van der Waals surface area contributed by atoms with Crippen molar-refractivity contribution in [2.45, 2.75) is 6.92 Å². The lowest BCUT2D eigenvalue weighted by Gasteiger charge is -2.00. The van der Waals surface area contributed by atoms with Crippen LogP contribution in [0.25, 0.3) is 6.08 Å². The fourth-order valence-electron chi connectivity index (χ4n) is 1.27. The first-order chi connectivity index (χ1) is 7.36. The molecule has 2 aromatic heterocycles. The van der Waals surface area contributed by atoms with Gasteiger partial charge < -0.3 is 9.73 Å². The Balaban J connectivity index is 1.83. The maximum Gasteiger partial charge on any atom is 0.126 e. The van der Waals surface area contributed by atoms with Crippen molar-refractivity contribution in [1.29, 1.82) is 0 Å². The van der Waals surface area contributed by atoms with E-state index in [0.717, 1.165) is 12.3 Å². The quantitative estimate of drug-likeness (QED) is 0.846. The minimum absolute atomic E-state index is 0.818. The second kappa shape index (κ2) is 4.84. The van der Waals surface area contributed by atoms with Gasteiger partial charge in [-0.05, 0) is 36.1 Å². The van der Waals surface area contributed by atoms with E-state index >= 15 is 0 Å². The van der Waals surface area contributed by atoms with Crippen molar-refractivity contribution in [2.24, 2.45) is 0 Å². The zero-order valence-electron chi connectivity index (χ0n) is 8.57. The van der Waals surface area contributed by atoms with Gasteiger partial charge in [-0.2, -0.15) is 0 Å². The Morgan fingerprint density at radius 2 is 2.40 bits per heavy atom. The number of aryl methyl sites for hydroxylation is 1. The average Bonchev–Trinajstić information content (AvgIpc) is 2.85. The predicted molar refractivity (Wildman–Crippen MR) is 65.3 cm³/mol. The summed E-state index contributed by atoms with van der Waals surface area (Å²) in [6.07, 6.45) is 5.70. The molecule has 0 bridgehead atoms. The lowest BCUT2D eigenvalue weighted by atomic mass is 10.3. The molecule has 0 aliphatic heterocycles. The lowest BCUT2D eigenvalue weighted by Crippen LogP contribution is -1.97. The zero-order chi connectivity index (χ0) is 10.5. The first-order valence-corrected chi connectivity index (χ1v) is 5.77. The first-order valence-electron chi connectivity index (χ1n) is 4.83. The maximum absolute atomic E-state index is 5.18. The molecule has 0 unspecified atom stereocenters. The van der Waals surface area contributed by atoms with Crippen molar-refractivity contribution in [3.05, 3.63) is 46.6 Å². The van der Waals surface area contributed by atoms with Crippen molar-refractivity contribution in [1.82, 2.24) is 0 Å². The van der Waals surface area contributed by atoms with Crippen molar-refractivity contribution >= 4 is 23.1 Å². The van der Waals surface area contributed by atoms with Gasteiger partial charge in [0.25, 0.3) is 0 Å². The molecule has 0 saturated heterocycles. The SMILES string of the molecule is Cc1cscc1NC/C=C/c1ccco1. The fourth-order valence-corrected chi connectivity index (χ4v) is 2.08. The monoisotopic (exact) mass is 219 g/mol. The van der Waals surface area contributed by atoms with Crippen molar-refractivity contribution in [3.8, 4) is 0 Å². The number of furan rings is 1. The topological polar surface area (TPSA) is 25.2 Å². The van der Waals surface area contributed by atoms with Crippen LogP contribution < -0.4 is 5.32 Å². The minimum atomic E-state index is 0.818. The molecule has 0 spiro atoms. The van der Waals surface area contributed by atoms with Gasteiger partial charge in [-0.1, -0.05) is 6.08 Å². The molecule has 0 saturated carbocycles. The molecule has 3 heteroatoms. The van der Waals surface area contributed by atoms with Crippen LogP contribution in [0.4, 0.5) is 5.69 Å². The molecule has 2 heterocycles. The van der Waals surface area contributed by atoms with Gasteiger partial charge in [0, 0.05) is 17.6 Å². The molecular formula is C12H13NOS. The summed E-state index contributed by atoms with van der Waals surface area (Å²) < 4.78 is 5.18. The third-order valence-corrected chi connectivity index (χ3v) is 2.95. The number of rotatable bonds is 4. The van der Waals surface area contributed by atoms with E-state index in [1.54, 1.807) is 17.6 Å². The standard InChI is InChI=1S/C12H13NOS/c1-10-8-15-9-12(10)13-6-2-4-11-5-3-7-14-11/h2-5,7-9,13H,6H2,1H3/b4-2+. The van der Waals surface area contributed by atoms with Crippen LogP contribution in [0.3, 0.4) is 0 Å². The maximum atomic E-state index is 5.18. The normalized spacial score (nSPS) is 11.0. The molecule has 1 N–H and O–H groups in total. The van der Waals surface area contributed by atoms with Crippen molar-refractivity contribution < 1.29 is 4.42 Å². The van der Waals surface area contributed by atoms with E-state index < -0.39 is 0 Å². The Kier molecular flexibility index (Phi) is 3.25. The van der Waals surface area contributed by atoms with Crippen molar-refractivity contribution in [3.63, 3.8) is 0 Å². The molecule has 0 fully saturated rings. The first kappa shape index (κ1) is 10.1. The highest BCUT2D eigenvalue weighted by molar-refractivity contribution is 7.08. The molecule has 2 rings (SSSR count). The third-order valence-electron chi connectivity index (χ3n) is 2.09. The van der Waals surface area contributed by atoms with Crippen LogP contribution in [-0.2, 0) is 0 Å². The Morgan fingerprint density at radius 1 is 1.47 bits per heavy atom. The molecule has 2 nitrogen and oxygen atoms in total. The highest BCUT2D eigenvalue weighted by Gasteiger charge is 1.95. The second-order valence-electron chi connectivity index (χ2n) is 3.27. The van der Waals surface area contributed by atoms with E-state index in [-0.39, 0.29) is 0 Å². The molecule has 0 aliphatic rings. The van der Waals surface area contributed by atoms with E-state index in [0.29, 0.717) is 0 Å². The number of thiophene rings is 1. The summed E-state index contributed by atoms with van der Waals surface area (Å²) in [4.78, 5) is 0. The highest BCUT2D eigenvalue weighted by atomic mass is 32.1. The van der Waals surface area contributed by atoms with Crippen molar-refractivity contribution in [2.75, 3.05) is 11.9 Å². The van der Waals surface area contributed by atoms with Gasteiger partial charge in [-0.3, -0.25) is 0 Å². The molecular weight excluding hydrogens is 206 g/mol. The molecule has 0 atom stereocenters. The van der Waals surface area contributed by atoms with Gasteiger partial charge in [0.15, 0.2) is 0 Å². The smallest absolute Gasteiger partial charge is 0.126 e. The number of hydrogen-bond donors (Lipinski definition) is 1. The van der Waals surface area contributed by atoms with Crippen LogP contribution in [0.2, 0.25) is 0 Å². The van der Waals surface area contributed by atoms with Gasteiger partial charge >= 0.3 is 0 Å². The summed E-state index contributed by atoms with van der Waals surface area (Å²) in [6, 6.07) is 3.82. The lowest BCUT2D eigenvalue weighted by molar-refractivity contribution is 0.557. The van der Waals surface area contributed by atoms with Crippen LogP contribution in [-0.4, -0.2) is 6.54 Å². The van der Waals surface area contributed by atoms with E-state index in [1.165, 1.54) is 11.3 Å². The minimum Gasteiger partial charge on any atom is -0.465 e. The Morgan fingerprint density at radius 3 is 3.07 bits per heavy atom. The summed E-state index contributed by atoms with van der Waals surface area (Å²) >= 11 is 1.72. The van der Waals surface area contributed by atoms with Crippen LogP contribution in [0, 0.1) is 6.92 Å². The van der Waals surface area contributed by atoms with E-state index in [2.05, 4.69) is 29.1 Å². The average molecular weight is 219 g/mol. The Hall–Kier alpha value is -1.48. The fraction of sp³-hybridized carbons (Fsp3) is 0.167. The van der Waals surface area contributed by atoms with E-state index in [4.69, 9.17) is 4.42 Å². The van der Waals surface area contributed by atoms with E-state index in [1.807, 2.05) is 18.2 Å². The molecule has 0 aliphatic carbocycles. The predicted octanol–water partition coefficient (Wildman–Crippen LogP) is 3.77. The zero-order valence-corrected chi connectivity index (χ0v) is 9.38. The van der Waals surface area contributed by atoms with Crippen LogP contribution in [0.15, 0.2) is 39.6 Å². The molecule has 2 aromatic rings. The number of anilines is 1. The summed E-state index contributed by atoms with van der Waals surface area (Å²) in [5, 5.41) is 7.60. The van der Waals surface area contributed by atoms with Crippen LogP contribution in [0.1, 0.15) is 11.3 Å². The number of nitrogens with one attached hydrogen (secondary N) is 1. The van der Waals surface area contributed by atoms with Crippen LogP contribution >= 0.6 is 11.3 Å². The largest absolute Gasteiger partial charge is 0.465 e. The summed E-state index contributed by atoms with van der Waals surface area (Å²) in [7, 11) is 0. The molecule has 15 heavy (non-hydrogen) atoms. The summed E-state index contributed by atoms with van der Waals surface area (Å²) in [5.41, 5.74) is 2.51. The Bertz CT molecular complexity index is 428. The summed E-state index contributed by atoms with van der Waals surface area (Å²) in [6.45, 7) is 2.92. The van der Waals surface area contributed by atoms with E-state index in [9.17, 15) is 0 Å². The summed E-state index contributed by atoms with van der Waals surface area (Å²) in [5.74, 6) is 0.888. The number of hydrogen-bond acceptors (Lipinski definition) is 3. The van der Waals surface area contributed by atoms with Gasteiger partial charge in [0.2, 0.25) is 0 Å². The molecule has 0 radical (unpaired) electrons. The molecule has 78 valence electrons. The van der Waals surface area contributed by atoms with Gasteiger partial charge in [-0.15, -0.1) is 11.3 Å².